The van der Waals surface area contributed by atoms with Crippen LogP contribution in [0.5, 0.6) is 5.75 Å². The third-order valence-corrected chi connectivity index (χ3v) is 9.80. The summed E-state index contributed by atoms with van der Waals surface area (Å²) in [6, 6.07) is 32.7. The van der Waals surface area contributed by atoms with Gasteiger partial charge >= 0.3 is 6.09 Å². The molecular weight excluding hydrogens is 723 g/mol. The number of aliphatic hydroxyl groups excluding tert-OH is 1. The van der Waals surface area contributed by atoms with E-state index < -0.39 is 47.6 Å². The molecule has 57 heavy (non-hydrogen) atoms. The molecule has 0 aromatic heterocycles. The van der Waals surface area contributed by atoms with Crippen LogP contribution in [-0.4, -0.2) is 91.6 Å². The highest BCUT2D eigenvalue weighted by Gasteiger charge is 2.38. The first-order valence-corrected chi connectivity index (χ1v) is 19.6. The van der Waals surface area contributed by atoms with Gasteiger partial charge in [0.2, 0.25) is 11.8 Å². The summed E-state index contributed by atoms with van der Waals surface area (Å²) >= 11 is 0. The van der Waals surface area contributed by atoms with Gasteiger partial charge in [-0.05, 0) is 46.2 Å². The van der Waals surface area contributed by atoms with E-state index in [1.165, 1.54) is 0 Å². The molecule has 0 radical (unpaired) electrons. The van der Waals surface area contributed by atoms with E-state index in [-0.39, 0.29) is 26.1 Å². The zero-order valence-electron chi connectivity index (χ0n) is 33.2. The standard InChI is InChI=1S/C45H57N5O7/c1-45(2,3)41(49-44(54)57-32-36-17-11-6-12-18-36)43(53)48-38(29-33-13-7-4-8-14-33)40(51)39(42(52)47-31-34-15-9-5-10-16-34)46-30-35-19-21-37(22-20-35)56-28-25-50-23-26-55-27-24-50/h4-22,38-41,46,51H,23-32H2,1-3H3,(H,47,52)(H,48,53)(H,49,54)/t38-,39+,40+,41+/m0/s1. The normalized spacial score (nSPS) is 15.4. The van der Waals surface area contributed by atoms with E-state index in [4.69, 9.17) is 14.2 Å². The summed E-state index contributed by atoms with van der Waals surface area (Å²) in [6.07, 6.45) is -1.93. The highest BCUT2D eigenvalue weighted by atomic mass is 16.5. The van der Waals surface area contributed by atoms with E-state index in [1.54, 1.807) is 0 Å². The molecule has 5 rings (SSSR count). The number of nitrogens with zero attached hydrogens (tertiary/aromatic N) is 1. The Hall–Kier alpha value is -5.27. The molecule has 0 unspecified atom stereocenters. The maximum absolute atomic E-state index is 14.2. The molecule has 304 valence electrons. The fourth-order valence-electron chi connectivity index (χ4n) is 6.49. The quantitative estimate of drug-likeness (QED) is 0.0921. The maximum atomic E-state index is 14.2. The van der Waals surface area contributed by atoms with Crippen LogP contribution in [0.15, 0.2) is 115 Å². The van der Waals surface area contributed by atoms with Gasteiger partial charge in [-0.25, -0.2) is 4.79 Å². The van der Waals surface area contributed by atoms with Gasteiger partial charge < -0.3 is 35.3 Å². The Morgan fingerprint density at radius 3 is 1.93 bits per heavy atom. The number of alkyl carbamates (subject to hydrolysis) is 1. The molecule has 1 aliphatic heterocycles. The predicted molar refractivity (Wildman–Crippen MR) is 219 cm³/mol. The minimum atomic E-state index is -1.39. The molecule has 4 aromatic rings. The number of rotatable bonds is 19. The van der Waals surface area contributed by atoms with E-state index in [1.807, 2.05) is 136 Å². The van der Waals surface area contributed by atoms with Crippen molar-refractivity contribution in [1.29, 1.82) is 0 Å². The molecule has 1 heterocycles. The second kappa shape index (κ2) is 21.9. The van der Waals surface area contributed by atoms with E-state index >= 15 is 0 Å². The Morgan fingerprint density at radius 2 is 1.32 bits per heavy atom. The number of carbonyl (C=O) groups excluding carboxylic acids is 3. The van der Waals surface area contributed by atoms with E-state index in [0.717, 1.165) is 60.9 Å². The third-order valence-electron chi connectivity index (χ3n) is 9.80. The fourth-order valence-corrected chi connectivity index (χ4v) is 6.49. The highest BCUT2D eigenvalue weighted by molar-refractivity contribution is 5.87. The van der Waals surface area contributed by atoms with Crippen molar-refractivity contribution in [1.82, 2.24) is 26.2 Å². The molecular formula is C45H57N5O7. The Bertz CT molecular complexity index is 1800. The minimum Gasteiger partial charge on any atom is -0.492 e. The van der Waals surface area contributed by atoms with Crippen LogP contribution in [0.25, 0.3) is 0 Å². The summed E-state index contributed by atoms with van der Waals surface area (Å²) < 4.78 is 16.9. The van der Waals surface area contributed by atoms with Gasteiger partial charge in [0.15, 0.2) is 0 Å². The average molecular weight is 780 g/mol. The van der Waals surface area contributed by atoms with Gasteiger partial charge in [0.25, 0.3) is 0 Å². The summed E-state index contributed by atoms with van der Waals surface area (Å²) in [7, 11) is 0. The lowest BCUT2D eigenvalue weighted by atomic mass is 9.85. The van der Waals surface area contributed by atoms with Crippen molar-refractivity contribution in [3.63, 3.8) is 0 Å². The van der Waals surface area contributed by atoms with Crippen LogP contribution >= 0.6 is 0 Å². The monoisotopic (exact) mass is 779 g/mol. The molecule has 0 saturated carbocycles. The molecule has 3 amide bonds. The largest absolute Gasteiger partial charge is 0.492 e. The lowest BCUT2D eigenvalue weighted by molar-refractivity contribution is -0.130. The van der Waals surface area contributed by atoms with E-state index in [2.05, 4.69) is 26.2 Å². The molecule has 12 nitrogen and oxygen atoms in total. The molecule has 4 aromatic carbocycles. The van der Waals surface area contributed by atoms with Crippen LogP contribution in [0.3, 0.4) is 0 Å². The van der Waals surface area contributed by atoms with Crippen molar-refractivity contribution < 1.29 is 33.7 Å². The molecule has 5 N–H and O–H groups in total. The fraction of sp³-hybridized carbons (Fsp3) is 0.400. The Kier molecular flexibility index (Phi) is 16.5. The average Bonchev–Trinajstić information content (AvgIpc) is 3.22. The number of benzene rings is 4. The van der Waals surface area contributed by atoms with Gasteiger partial charge in [-0.3, -0.25) is 19.8 Å². The predicted octanol–water partition coefficient (Wildman–Crippen LogP) is 4.60. The molecule has 1 aliphatic rings. The zero-order valence-corrected chi connectivity index (χ0v) is 33.2. The SMILES string of the molecule is CC(C)(C)[C@H](NC(=O)OCc1ccccc1)C(=O)N[C@@H](Cc1ccccc1)[C@@H](O)[C@@H](NCc1ccc(OCCN2CCOCC2)cc1)C(=O)NCc1ccccc1. The summed E-state index contributed by atoms with van der Waals surface area (Å²) in [5, 5.41) is 24.2. The Balaban J connectivity index is 1.31. The number of nitrogens with one attached hydrogen (secondary N) is 4. The first-order valence-electron chi connectivity index (χ1n) is 19.6. The smallest absolute Gasteiger partial charge is 0.408 e. The second-order valence-corrected chi connectivity index (χ2v) is 15.3. The molecule has 1 saturated heterocycles. The van der Waals surface area contributed by atoms with Crippen molar-refractivity contribution in [2.45, 2.75) is 71.1 Å². The number of amides is 3. The molecule has 12 heteroatoms. The second-order valence-electron chi connectivity index (χ2n) is 15.3. The minimum absolute atomic E-state index is 0.0383. The Morgan fingerprint density at radius 1 is 0.737 bits per heavy atom. The molecule has 0 bridgehead atoms. The first-order chi connectivity index (χ1) is 27.5. The summed E-state index contributed by atoms with van der Waals surface area (Å²) in [5.41, 5.74) is 2.69. The van der Waals surface area contributed by atoms with Crippen molar-refractivity contribution in [3.05, 3.63) is 138 Å². The van der Waals surface area contributed by atoms with Gasteiger partial charge in [0, 0.05) is 32.7 Å². The first kappa shape index (κ1) is 42.9. The van der Waals surface area contributed by atoms with Crippen LogP contribution in [0.2, 0.25) is 0 Å². The number of aliphatic hydroxyl groups is 1. The van der Waals surface area contributed by atoms with Crippen LogP contribution in [-0.2, 0) is 45.2 Å². The molecule has 0 spiro atoms. The van der Waals surface area contributed by atoms with E-state index in [0.29, 0.717) is 6.61 Å². The van der Waals surface area contributed by atoms with Gasteiger partial charge in [0.1, 0.15) is 31.0 Å². The van der Waals surface area contributed by atoms with Gasteiger partial charge in [0.05, 0.1) is 25.4 Å². The van der Waals surface area contributed by atoms with Crippen molar-refractivity contribution in [3.8, 4) is 5.75 Å². The summed E-state index contributed by atoms with van der Waals surface area (Å²) in [4.78, 5) is 43.5. The topological polar surface area (TPSA) is 150 Å². The van der Waals surface area contributed by atoms with Gasteiger partial charge in [-0.2, -0.15) is 0 Å². The lowest BCUT2D eigenvalue weighted by Crippen LogP contribution is -2.62. The van der Waals surface area contributed by atoms with Crippen LogP contribution in [0, 0.1) is 5.41 Å². The van der Waals surface area contributed by atoms with E-state index in [9.17, 15) is 19.5 Å². The highest BCUT2D eigenvalue weighted by Crippen LogP contribution is 2.21. The number of morpholine rings is 1. The van der Waals surface area contributed by atoms with Crippen LogP contribution in [0.4, 0.5) is 4.79 Å². The number of hydrogen-bond donors (Lipinski definition) is 5. The molecule has 4 atom stereocenters. The number of carbonyl (C=O) groups is 3. The van der Waals surface area contributed by atoms with Crippen molar-refractivity contribution >= 4 is 17.9 Å². The Labute approximate surface area is 336 Å². The van der Waals surface area contributed by atoms with Gasteiger partial charge in [-0.1, -0.05) is 124 Å². The van der Waals surface area contributed by atoms with Gasteiger partial charge in [-0.15, -0.1) is 0 Å². The molecule has 1 fully saturated rings. The van der Waals surface area contributed by atoms with Crippen LogP contribution in [0.1, 0.15) is 43.0 Å². The van der Waals surface area contributed by atoms with Crippen molar-refractivity contribution in [2.24, 2.45) is 5.41 Å². The number of hydrogen-bond acceptors (Lipinski definition) is 9. The molecule has 0 aliphatic carbocycles. The third kappa shape index (κ3) is 14.3. The van der Waals surface area contributed by atoms with Crippen LogP contribution < -0.4 is 26.0 Å². The lowest BCUT2D eigenvalue weighted by Gasteiger charge is -2.35. The summed E-state index contributed by atoms with van der Waals surface area (Å²) in [5.74, 6) is -0.218. The maximum Gasteiger partial charge on any atom is 0.408 e. The summed E-state index contributed by atoms with van der Waals surface area (Å²) in [6.45, 7) is 10.7. The zero-order chi connectivity index (χ0) is 40.5. The van der Waals surface area contributed by atoms with Crippen molar-refractivity contribution in [2.75, 3.05) is 39.5 Å². The number of ether oxygens (including phenoxy) is 3.